The summed E-state index contributed by atoms with van der Waals surface area (Å²) < 4.78 is 17.8. The summed E-state index contributed by atoms with van der Waals surface area (Å²) in [7, 11) is 0. The summed E-state index contributed by atoms with van der Waals surface area (Å²) in [5.74, 6) is 1.05. The lowest BCUT2D eigenvalue weighted by atomic mass is 9.97. The highest BCUT2D eigenvalue weighted by Crippen LogP contribution is 2.39. The molecule has 0 N–H and O–H groups in total. The Kier molecular flexibility index (Phi) is 8.00. The molecule has 0 saturated carbocycles. The van der Waals surface area contributed by atoms with Crippen LogP contribution in [0.1, 0.15) is 11.1 Å². The Labute approximate surface area is 310 Å². The lowest BCUT2D eigenvalue weighted by Gasteiger charge is -2.16. The zero-order valence-electron chi connectivity index (χ0n) is 28.6. The molecule has 9 rings (SSSR count). The summed E-state index contributed by atoms with van der Waals surface area (Å²) in [6, 6.07) is 56.1. The maximum Gasteiger partial charge on any atom is 0.164 e. The van der Waals surface area contributed by atoms with E-state index in [1.54, 1.807) is 30.3 Å². The minimum Gasteiger partial charge on any atom is -0.309 e. The fourth-order valence-corrected chi connectivity index (χ4v) is 7.05. The summed E-state index contributed by atoms with van der Waals surface area (Å²) in [6.07, 6.45) is 0. The molecule has 0 bridgehead atoms. The van der Waals surface area contributed by atoms with Gasteiger partial charge in [0, 0.05) is 38.7 Å². The van der Waals surface area contributed by atoms with Gasteiger partial charge in [-0.05, 0) is 65.2 Å². The topological polar surface area (TPSA) is 91.2 Å². The van der Waals surface area contributed by atoms with Gasteiger partial charge in [0.2, 0.25) is 0 Å². The van der Waals surface area contributed by atoms with E-state index >= 15 is 4.39 Å². The Hall–Kier alpha value is -7.74. The van der Waals surface area contributed by atoms with Crippen LogP contribution in [0.5, 0.6) is 0 Å². The minimum absolute atomic E-state index is 0.357. The third kappa shape index (κ3) is 5.73. The second-order valence-electron chi connectivity index (χ2n) is 12.9. The van der Waals surface area contributed by atoms with Crippen LogP contribution in [0, 0.1) is 28.5 Å². The third-order valence-corrected chi connectivity index (χ3v) is 9.56. The van der Waals surface area contributed by atoms with Crippen molar-refractivity contribution >= 4 is 21.8 Å². The first kappa shape index (κ1) is 32.2. The van der Waals surface area contributed by atoms with Crippen molar-refractivity contribution in [3.05, 3.63) is 181 Å². The van der Waals surface area contributed by atoms with Gasteiger partial charge in [-0.25, -0.2) is 19.3 Å². The van der Waals surface area contributed by atoms with E-state index in [0.717, 1.165) is 49.7 Å². The van der Waals surface area contributed by atoms with E-state index in [1.807, 2.05) is 103 Å². The Bertz CT molecular complexity index is 2880. The molecule has 2 aromatic heterocycles. The van der Waals surface area contributed by atoms with Gasteiger partial charge in [0.05, 0.1) is 34.3 Å². The molecule has 9 aromatic rings. The zero-order chi connectivity index (χ0) is 36.6. The SMILES string of the molecule is N#Cc1cc(C#N)cc(-c2ccc3c4ccccc4n(-c4ccc(-c5ccccc5F)c(-c5nc(-c6ccccc6)nc(-c6ccccc6)n5)c4)c3c2)c1. The molecular weight excluding hydrogens is 668 g/mol. The molecular formula is C47H27FN6. The number of hydrogen-bond acceptors (Lipinski definition) is 5. The summed E-state index contributed by atoms with van der Waals surface area (Å²) in [4.78, 5) is 15.0. The van der Waals surface area contributed by atoms with E-state index in [2.05, 4.69) is 41.0 Å². The van der Waals surface area contributed by atoms with Gasteiger partial charge < -0.3 is 4.57 Å². The highest BCUT2D eigenvalue weighted by molar-refractivity contribution is 6.10. The van der Waals surface area contributed by atoms with Gasteiger partial charge in [0.15, 0.2) is 17.5 Å². The highest BCUT2D eigenvalue weighted by atomic mass is 19.1. The molecule has 0 aliphatic rings. The fourth-order valence-electron chi connectivity index (χ4n) is 7.05. The summed E-state index contributed by atoms with van der Waals surface area (Å²) in [5.41, 5.74) is 8.55. The van der Waals surface area contributed by atoms with Crippen LogP contribution in [-0.4, -0.2) is 19.5 Å². The first-order valence-corrected chi connectivity index (χ1v) is 17.3. The predicted molar refractivity (Wildman–Crippen MR) is 211 cm³/mol. The van der Waals surface area contributed by atoms with Gasteiger partial charge in [-0.1, -0.05) is 115 Å². The normalized spacial score (nSPS) is 11.0. The van der Waals surface area contributed by atoms with Crippen LogP contribution in [0.3, 0.4) is 0 Å². The van der Waals surface area contributed by atoms with Gasteiger partial charge in [-0.2, -0.15) is 10.5 Å². The molecule has 54 heavy (non-hydrogen) atoms. The molecule has 252 valence electrons. The summed E-state index contributed by atoms with van der Waals surface area (Å²) >= 11 is 0. The Morgan fingerprint density at radius 3 is 1.69 bits per heavy atom. The Morgan fingerprint density at radius 2 is 1.02 bits per heavy atom. The van der Waals surface area contributed by atoms with E-state index in [4.69, 9.17) is 15.0 Å². The van der Waals surface area contributed by atoms with Crippen molar-refractivity contribution in [1.29, 1.82) is 10.5 Å². The second-order valence-corrected chi connectivity index (χ2v) is 12.9. The molecule has 6 nitrogen and oxygen atoms in total. The standard InChI is InChI=1S/C47H27FN6/c48-42-17-9-7-15-38(42)37-22-20-36(27-41(37)47-52-45(32-11-3-1-4-12-32)51-46(53-47)33-13-5-2-6-14-33)54-43-18-10-8-16-39(43)40-21-19-34(26-44(40)54)35-24-30(28-49)23-31(25-35)29-50/h1-27H. The van der Waals surface area contributed by atoms with E-state index in [-0.39, 0.29) is 5.82 Å². The van der Waals surface area contributed by atoms with Crippen molar-refractivity contribution in [1.82, 2.24) is 19.5 Å². The smallest absolute Gasteiger partial charge is 0.164 e. The van der Waals surface area contributed by atoms with E-state index in [1.165, 1.54) is 6.07 Å². The fraction of sp³-hybridized carbons (Fsp3) is 0. The molecule has 0 atom stereocenters. The third-order valence-electron chi connectivity index (χ3n) is 9.56. The van der Waals surface area contributed by atoms with Crippen molar-refractivity contribution in [3.8, 4) is 74.2 Å². The number of fused-ring (bicyclic) bond motifs is 3. The van der Waals surface area contributed by atoms with Gasteiger partial charge in [0.25, 0.3) is 0 Å². The number of halogens is 1. The maximum atomic E-state index is 15.7. The maximum absolute atomic E-state index is 15.7. The van der Waals surface area contributed by atoms with Crippen molar-refractivity contribution in [2.75, 3.05) is 0 Å². The molecule has 0 radical (unpaired) electrons. The molecule has 0 amide bonds. The largest absolute Gasteiger partial charge is 0.309 e. The van der Waals surface area contributed by atoms with Crippen molar-refractivity contribution in [2.45, 2.75) is 0 Å². The quantitative estimate of drug-likeness (QED) is 0.173. The lowest BCUT2D eigenvalue weighted by Crippen LogP contribution is -2.03. The van der Waals surface area contributed by atoms with Crippen LogP contribution in [0.4, 0.5) is 4.39 Å². The molecule has 0 aliphatic carbocycles. The molecule has 7 aromatic carbocycles. The number of para-hydroxylation sites is 1. The molecule has 0 spiro atoms. The van der Waals surface area contributed by atoms with E-state index in [9.17, 15) is 10.5 Å². The number of benzene rings is 7. The first-order valence-electron chi connectivity index (χ1n) is 17.3. The number of aromatic nitrogens is 4. The molecule has 0 saturated heterocycles. The van der Waals surface area contributed by atoms with Gasteiger partial charge in [-0.15, -0.1) is 0 Å². The number of rotatable bonds is 6. The molecule has 0 aliphatic heterocycles. The van der Waals surface area contributed by atoms with Crippen molar-refractivity contribution < 1.29 is 4.39 Å². The highest BCUT2D eigenvalue weighted by Gasteiger charge is 2.20. The van der Waals surface area contributed by atoms with Crippen LogP contribution in [0.25, 0.3) is 83.9 Å². The zero-order valence-corrected chi connectivity index (χ0v) is 28.6. The van der Waals surface area contributed by atoms with Crippen LogP contribution in [0.2, 0.25) is 0 Å². The first-order chi connectivity index (χ1) is 26.6. The molecule has 0 unspecified atom stereocenters. The van der Waals surface area contributed by atoms with E-state index < -0.39 is 0 Å². The molecule has 2 heterocycles. The number of nitrogens with zero attached hydrogens (tertiary/aromatic N) is 6. The Balaban J connectivity index is 1.33. The lowest BCUT2D eigenvalue weighted by molar-refractivity contribution is 0.631. The average molecular weight is 695 g/mol. The second kappa shape index (κ2) is 13.4. The average Bonchev–Trinajstić information content (AvgIpc) is 3.57. The minimum atomic E-state index is -0.357. The van der Waals surface area contributed by atoms with Gasteiger partial charge in [0.1, 0.15) is 5.82 Å². The number of nitriles is 2. The van der Waals surface area contributed by atoms with Crippen LogP contribution < -0.4 is 0 Å². The van der Waals surface area contributed by atoms with Crippen LogP contribution in [0.15, 0.2) is 164 Å². The molecule has 0 fully saturated rings. The van der Waals surface area contributed by atoms with Crippen molar-refractivity contribution in [3.63, 3.8) is 0 Å². The predicted octanol–water partition coefficient (Wildman–Crippen LogP) is 11.2. The van der Waals surface area contributed by atoms with Crippen molar-refractivity contribution in [2.24, 2.45) is 0 Å². The molecule has 7 heteroatoms. The number of hydrogen-bond donors (Lipinski definition) is 0. The van der Waals surface area contributed by atoms with Crippen LogP contribution >= 0.6 is 0 Å². The van der Waals surface area contributed by atoms with E-state index in [0.29, 0.717) is 45.3 Å². The van der Waals surface area contributed by atoms with Gasteiger partial charge >= 0.3 is 0 Å². The van der Waals surface area contributed by atoms with Gasteiger partial charge in [-0.3, -0.25) is 0 Å². The monoisotopic (exact) mass is 694 g/mol. The summed E-state index contributed by atoms with van der Waals surface area (Å²) in [5, 5.41) is 21.5. The Morgan fingerprint density at radius 1 is 0.426 bits per heavy atom. The summed E-state index contributed by atoms with van der Waals surface area (Å²) in [6.45, 7) is 0. The van der Waals surface area contributed by atoms with Crippen LogP contribution in [-0.2, 0) is 0 Å².